The zero-order chi connectivity index (χ0) is 23.5. The largest absolute Gasteiger partial charge is 0.381 e. The summed E-state index contributed by atoms with van der Waals surface area (Å²) in [5, 5.41) is 7.76. The number of fused-ring (bicyclic) bond motifs is 1. The molecule has 180 valence electrons. The molecule has 4 heterocycles. The van der Waals surface area contributed by atoms with Crippen molar-refractivity contribution < 1.29 is 4.74 Å². The van der Waals surface area contributed by atoms with Crippen LogP contribution in [0.4, 0.5) is 5.95 Å². The van der Waals surface area contributed by atoms with Gasteiger partial charge in [-0.15, -0.1) is 0 Å². The zero-order valence-electron chi connectivity index (χ0n) is 20.1. The maximum Gasteiger partial charge on any atom is 0.252 e. The number of nitrogens with one attached hydrogen (secondary N) is 2. The van der Waals surface area contributed by atoms with Crippen LogP contribution in [0.25, 0.3) is 11.0 Å². The van der Waals surface area contributed by atoms with Gasteiger partial charge in [-0.05, 0) is 43.9 Å². The van der Waals surface area contributed by atoms with Crippen LogP contribution < -0.4 is 16.2 Å². The highest BCUT2D eigenvalue weighted by molar-refractivity contribution is 5.75. The summed E-state index contributed by atoms with van der Waals surface area (Å²) < 4.78 is 7.40. The molecule has 0 radical (unpaired) electrons. The monoisotopic (exact) mass is 462 g/mol. The van der Waals surface area contributed by atoms with Gasteiger partial charge in [0.2, 0.25) is 5.95 Å². The summed E-state index contributed by atoms with van der Waals surface area (Å²) in [7, 11) is 0. The SMILES string of the molecule is CCn1c(=O)ccc2cnc(N[C@@H](C)c3ccc(C4(N5CCNCC5)CCOCC4)cc3)nc21. The van der Waals surface area contributed by atoms with Crippen LogP contribution in [0, 0.1) is 0 Å². The lowest BCUT2D eigenvalue weighted by Crippen LogP contribution is -2.56. The number of nitrogens with zero attached hydrogens (tertiary/aromatic N) is 4. The average Bonchev–Trinajstić information content (AvgIpc) is 2.89. The Morgan fingerprint density at radius 1 is 1.12 bits per heavy atom. The van der Waals surface area contributed by atoms with Gasteiger partial charge in [0.05, 0.1) is 11.6 Å². The summed E-state index contributed by atoms with van der Waals surface area (Å²) in [5.74, 6) is 0.526. The molecular formula is C26H34N6O2. The normalized spacial score (nSPS) is 19.7. The van der Waals surface area contributed by atoms with Gasteiger partial charge in [0.1, 0.15) is 5.65 Å². The second kappa shape index (κ2) is 9.82. The number of anilines is 1. The summed E-state index contributed by atoms with van der Waals surface area (Å²) in [6, 6.07) is 12.4. The van der Waals surface area contributed by atoms with Gasteiger partial charge in [-0.2, -0.15) is 4.98 Å². The van der Waals surface area contributed by atoms with E-state index >= 15 is 0 Å². The Kier molecular flexibility index (Phi) is 6.63. The van der Waals surface area contributed by atoms with Gasteiger partial charge in [-0.25, -0.2) is 4.98 Å². The van der Waals surface area contributed by atoms with E-state index in [0.717, 1.165) is 57.6 Å². The lowest BCUT2D eigenvalue weighted by atomic mass is 9.80. The molecule has 5 rings (SSSR count). The van der Waals surface area contributed by atoms with Crippen molar-refractivity contribution in [2.45, 2.75) is 44.8 Å². The molecule has 1 aromatic carbocycles. The molecule has 2 aromatic heterocycles. The lowest BCUT2D eigenvalue weighted by molar-refractivity contribution is -0.0373. The fraction of sp³-hybridized carbons (Fsp3) is 0.500. The van der Waals surface area contributed by atoms with Crippen LogP contribution in [0.1, 0.15) is 43.9 Å². The molecule has 0 unspecified atom stereocenters. The molecule has 0 saturated carbocycles. The van der Waals surface area contributed by atoms with E-state index in [4.69, 9.17) is 4.74 Å². The molecule has 8 nitrogen and oxygen atoms in total. The number of aromatic nitrogens is 3. The second-order valence-corrected chi connectivity index (χ2v) is 9.26. The molecule has 34 heavy (non-hydrogen) atoms. The second-order valence-electron chi connectivity index (χ2n) is 9.26. The van der Waals surface area contributed by atoms with Crippen LogP contribution in [-0.4, -0.2) is 58.8 Å². The topological polar surface area (TPSA) is 84.3 Å². The van der Waals surface area contributed by atoms with Gasteiger partial charge < -0.3 is 15.4 Å². The Hall–Kier alpha value is -2.81. The average molecular weight is 463 g/mol. The standard InChI is InChI=1S/C26H34N6O2/c1-3-32-23(33)9-6-21-18-28-25(30-24(21)32)29-19(2)20-4-7-22(8-5-20)26(10-16-34-17-11-26)31-14-12-27-13-15-31/h4-9,18-19,27H,3,10-17H2,1-2H3,(H,28,29,30)/t19-/m0/s1. The van der Waals surface area contributed by atoms with E-state index in [1.165, 1.54) is 11.1 Å². The fourth-order valence-electron chi connectivity index (χ4n) is 5.39. The van der Waals surface area contributed by atoms with E-state index in [1.807, 2.05) is 6.92 Å². The van der Waals surface area contributed by atoms with Crippen molar-refractivity contribution in [2.24, 2.45) is 0 Å². The Bertz CT molecular complexity index is 1180. The Balaban J connectivity index is 1.37. The minimum Gasteiger partial charge on any atom is -0.381 e. The number of piperazine rings is 1. The maximum atomic E-state index is 12.2. The van der Waals surface area contributed by atoms with Gasteiger partial charge in [-0.3, -0.25) is 14.3 Å². The molecule has 0 aliphatic carbocycles. The minimum absolute atomic E-state index is 0.0295. The first-order valence-electron chi connectivity index (χ1n) is 12.4. The van der Waals surface area contributed by atoms with Crippen LogP contribution in [0.3, 0.4) is 0 Å². The molecule has 8 heteroatoms. The molecule has 1 atom stereocenters. The molecule has 2 saturated heterocycles. The van der Waals surface area contributed by atoms with Crippen molar-refractivity contribution in [3.63, 3.8) is 0 Å². The summed E-state index contributed by atoms with van der Waals surface area (Å²) in [4.78, 5) is 24.0. The maximum absolute atomic E-state index is 12.2. The number of ether oxygens (including phenoxy) is 1. The number of hydrogen-bond donors (Lipinski definition) is 2. The van der Waals surface area contributed by atoms with Crippen molar-refractivity contribution >= 4 is 17.0 Å². The summed E-state index contributed by atoms with van der Waals surface area (Å²) in [6.07, 6.45) is 3.84. The first-order valence-corrected chi connectivity index (χ1v) is 12.4. The predicted molar refractivity (Wildman–Crippen MR) is 134 cm³/mol. The molecule has 2 aliphatic rings. The van der Waals surface area contributed by atoms with E-state index < -0.39 is 0 Å². The van der Waals surface area contributed by atoms with Crippen molar-refractivity contribution in [3.8, 4) is 0 Å². The van der Waals surface area contributed by atoms with Crippen molar-refractivity contribution in [2.75, 3.05) is 44.7 Å². The fourth-order valence-corrected chi connectivity index (χ4v) is 5.39. The molecule has 2 N–H and O–H groups in total. The highest BCUT2D eigenvalue weighted by Gasteiger charge is 2.40. The first-order chi connectivity index (χ1) is 16.6. The third-order valence-electron chi connectivity index (χ3n) is 7.38. The van der Waals surface area contributed by atoms with E-state index in [2.05, 4.69) is 56.7 Å². The summed E-state index contributed by atoms with van der Waals surface area (Å²) in [6.45, 7) is 10.5. The highest BCUT2D eigenvalue weighted by Crippen LogP contribution is 2.39. The number of aryl methyl sites for hydroxylation is 1. The smallest absolute Gasteiger partial charge is 0.252 e. The van der Waals surface area contributed by atoms with E-state index in [1.54, 1.807) is 22.9 Å². The van der Waals surface area contributed by atoms with E-state index in [-0.39, 0.29) is 17.1 Å². The summed E-state index contributed by atoms with van der Waals surface area (Å²) in [5.41, 5.74) is 3.22. The predicted octanol–water partition coefficient (Wildman–Crippen LogP) is 2.90. The minimum atomic E-state index is -0.0465. The van der Waals surface area contributed by atoms with Gasteiger partial charge in [-0.1, -0.05) is 24.3 Å². The van der Waals surface area contributed by atoms with E-state index in [0.29, 0.717) is 18.1 Å². The van der Waals surface area contributed by atoms with Gasteiger partial charge in [0.25, 0.3) is 5.56 Å². The van der Waals surface area contributed by atoms with Crippen LogP contribution in [0.15, 0.2) is 47.4 Å². The van der Waals surface area contributed by atoms with Crippen molar-refractivity contribution in [3.05, 3.63) is 64.1 Å². The summed E-state index contributed by atoms with van der Waals surface area (Å²) >= 11 is 0. The molecule has 0 bridgehead atoms. The number of pyridine rings is 1. The number of hydrogen-bond acceptors (Lipinski definition) is 7. The molecule has 2 fully saturated rings. The van der Waals surface area contributed by atoms with Gasteiger partial charge in [0, 0.05) is 63.6 Å². The van der Waals surface area contributed by atoms with Crippen LogP contribution in [0.2, 0.25) is 0 Å². The molecular weight excluding hydrogens is 428 g/mol. The van der Waals surface area contributed by atoms with Crippen LogP contribution in [0.5, 0.6) is 0 Å². The lowest BCUT2D eigenvalue weighted by Gasteiger charge is -2.48. The third kappa shape index (κ3) is 4.33. The van der Waals surface area contributed by atoms with Crippen LogP contribution in [-0.2, 0) is 16.8 Å². The Morgan fingerprint density at radius 3 is 2.56 bits per heavy atom. The van der Waals surface area contributed by atoms with Crippen molar-refractivity contribution in [1.29, 1.82) is 0 Å². The molecule has 3 aromatic rings. The molecule has 2 aliphatic heterocycles. The first kappa shape index (κ1) is 23.0. The van der Waals surface area contributed by atoms with Crippen LogP contribution >= 0.6 is 0 Å². The van der Waals surface area contributed by atoms with Crippen molar-refractivity contribution in [1.82, 2.24) is 24.8 Å². The number of benzene rings is 1. The van der Waals surface area contributed by atoms with Gasteiger partial charge in [0.15, 0.2) is 0 Å². The zero-order valence-corrected chi connectivity index (χ0v) is 20.1. The van der Waals surface area contributed by atoms with Gasteiger partial charge >= 0.3 is 0 Å². The Labute approximate surface area is 200 Å². The molecule has 0 amide bonds. The van der Waals surface area contributed by atoms with E-state index in [9.17, 15) is 4.79 Å². The number of rotatable bonds is 6. The highest BCUT2D eigenvalue weighted by atomic mass is 16.5. The third-order valence-corrected chi connectivity index (χ3v) is 7.38. The quantitative estimate of drug-likeness (QED) is 0.583. The molecule has 0 spiro atoms. The Morgan fingerprint density at radius 2 is 1.85 bits per heavy atom.